The molecular weight excluding hydrogens is 663 g/mol. The minimum Gasteiger partial charge on any atom is -0.466 e. The number of hydrogen-bond acceptors (Lipinski definition) is 4. The van der Waals surface area contributed by atoms with Gasteiger partial charge in [0.05, 0.1) is 12.7 Å². The Bertz CT molecular complexity index is 721. The quantitative estimate of drug-likeness (QED) is 0.0458. The van der Waals surface area contributed by atoms with E-state index in [4.69, 9.17) is 9.47 Å². The van der Waals surface area contributed by atoms with Crippen molar-refractivity contribution in [2.24, 2.45) is 11.8 Å². The predicted octanol–water partition coefficient (Wildman–Crippen LogP) is 16.2. The molecule has 0 aliphatic heterocycles. The lowest BCUT2D eigenvalue weighted by molar-refractivity contribution is -0.145. The summed E-state index contributed by atoms with van der Waals surface area (Å²) in [7, 11) is 2.24. The smallest absolute Gasteiger partial charge is 0.306 e. The second kappa shape index (κ2) is 42.0. The first-order chi connectivity index (χ1) is 26.4. The second-order valence-electron chi connectivity index (χ2n) is 17.9. The van der Waals surface area contributed by atoms with Crippen LogP contribution < -0.4 is 0 Å². The van der Waals surface area contributed by atoms with E-state index < -0.39 is 0 Å². The molecule has 0 rings (SSSR count). The Morgan fingerprint density at radius 3 is 1.26 bits per heavy atom. The Morgan fingerprint density at radius 2 is 0.815 bits per heavy atom. The van der Waals surface area contributed by atoms with Crippen LogP contribution in [0, 0.1) is 11.8 Å². The Kier molecular flexibility index (Phi) is 41.5. The van der Waals surface area contributed by atoms with Crippen LogP contribution in [0.3, 0.4) is 0 Å². The van der Waals surface area contributed by atoms with Crippen molar-refractivity contribution >= 4 is 5.97 Å². The van der Waals surface area contributed by atoms with Gasteiger partial charge in [0, 0.05) is 19.1 Å². The van der Waals surface area contributed by atoms with Crippen LogP contribution >= 0.6 is 0 Å². The van der Waals surface area contributed by atoms with Gasteiger partial charge >= 0.3 is 5.97 Å². The molecule has 0 amide bonds. The maximum absolute atomic E-state index is 12.5. The van der Waals surface area contributed by atoms with Crippen molar-refractivity contribution in [2.45, 2.75) is 278 Å². The van der Waals surface area contributed by atoms with Crippen molar-refractivity contribution in [3.05, 3.63) is 0 Å². The van der Waals surface area contributed by atoms with Gasteiger partial charge in [-0.25, -0.2) is 0 Å². The van der Waals surface area contributed by atoms with E-state index in [1.54, 1.807) is 0 Å². The van der Waals surface area contributed by atoms with Crippen LogP contribution in [0.1, 0.15) is 266 Å². The fraction of sp³-hybridized carbons (Fsp3) is 0.980. The summed E-state index contributed by atoms with van der Waals surface area (Å²) >= 11 is 0. The summed E-state index contributed by atoms with van der Waals surface area (Å²) in [6, 6.07) is 0.620. The van der Waals surface area contributed by atoms with Gasteiger partial charge in [0.1, 0.15) is 0 Å². The molecule has 0 aliphatic carbocycles. The third-order valence-electron chi connectivity index (χ3n) is 12.3. The average Bonchev–Trinajstić information content (AvgIpc) is 3.15. The second-order valence-corrected chi connectivity index (χ2v) is 17.9. The van der Waals surface area contributed by atoms with Gasteiger partial charge in [-0.1, -0.05) is 201 Å². The molecule has 4 nitrogen and oxygen atoms in total. The zero-order valence-electron chi connectivity index (χ0n) is 38.4. The first-order valence-electron chi connectivity index (χ1n) is 24.8. The lowest BCUT2D eigenvalue weighted by Gasteiger charge is -2.21. The molecule has 0 spiro atoms. The van der Waals surface area contributed by atoms with Crippen molar-refractivity contribution in [3.8, 4) is 0 Å². The van der Waals surface area contributed by atoms with Gasteiger partial charge in [-0.15, -0.1) is 0 Å². The summed E-state index contributed by atoms with van der Waals surface area (Å²) in [4.78, 5) is 15.0. The molecule has 1 unspecified atom stereocenters. The summed E-state index contributed by atoms with van der Waals surface area (Å²) in [6.07, 6.45) is 45.9. The number of carbonyl (C=O) groups is 1. The highest BCUT2D eigenvalue weighted by molar-refractivity contribution is 5.69. The molecule has 0 heterocycles. The van der Waals surface area contributed by atoms with E-state index in [2.05, 4.69) is 53.5 Å². The topological polar surface area (TPSA) is 38.8 Å². The van der Waals surface area contributed by atoms with Gasteiger partial charge < -0.3 is 14.4 Å². The lowest BCUT2D eigenvalue weighted by Crippen LogP contribution is -2.27. The lowest BCUT2D eigenvalue weighted by atomic mass is 9.90. The standard InChI is InChI=1S/C50H101NO3/c1-8-12-25-35-47(36-26-13-9-2)37-29-21-17-16-18-22-30-40-49(53-43-34-32-42-51(7)46(5)6)41-31-23-19-20-24-33-44-54-50(52)45-48(38-27-14-10-3)39-28-15-11-4/h46-49H,8-45H2,1-7H3. The number of ether oxygens (including phenoxy) is 2. The zero-order chi connectivity index (χ0) is 39.7. The minimum absolute atomic E-state index is 0.0423. The van der Waals surface area contributed by atoms with Crippen LogP contribution in [0.5, 0.6) is 0 Å². The molecule has 0 aliphatic rings. The SMILES string of the molecule is CCCCCC(CCCCC)CCCCCCCCCC(CCCCCCCCOC(=O)CC(CCCCC)CCCCC)OCCCCN(C)C(C)C. The van der Waals surface area contributed by atoms with Gasteiger partial charge in [0.2, 0.25) is 0 Å². The third-order valence-corrected chi connectivity index (χ3v) is 12.3. The molecule has 324 valence electrons. The van der Waals surface area contributed by atoms with Crippen LogP contribution in [-0.2, 0) is 14.3 Å². The predicted molar refractivity (Wildman–Crippen MR) is 240 cm³/mol. The van der Waals surface area contributed by atoms with Crippen LogP contribution in [0.15, 0.2) is 0 Å². The van der Waals surface area contributed by atoms with Gasteiger partial charge in [-0.05, 0) is 84.2 Å². The molecule has 4 heteroatoms. The molecule has 0 saturated carbocycles. The van der Waals surface area contributed by atoms with Crippen LogP contribution in [0.25, 0.3) is 0 Å². The molecule has 0 fully saturated rings. The third kappa shape index (κ3) is 37.0. The molecule has 0 N–H and O–H groups in total. The Balaban J connectivity index is 4.29. The highest BCUT2D eigenvalue weighted by Gasteiger charge is 2.15. The van der Waals surface area contributed by atoms with Crippen LogP contribution in [-0.4, -0.2) is 49.8 Å². The van der Waals surface area contributed by atoms with Gasteiger partial charge in [0.15, 0.2) is 0 Å². The van der Waals surface area contributed by atoms with E-state index in [0.29, 0.717) is 31.1 Å². The fourth-order valence-corrected chi connectivity index (χ4v) is 8.15. The number of hydrogen-bond donors (Lipinski definition) is 0. The number of nitrogens with zero attached hydrogens (tertiary/aromatic N) is 1. The molecule has 0 bridgehead atoms. The van der Waals surface area contributed by atoms with Gasteiger partial charge in [0.25, 0.3) is 0 Å². The summed E-state index contributed by atoms with van der Waals surface area (Å²) in [5, 5.41) is 0. The highest BCUT2D eigenvalue weighted by atomic mass is 16.5. The number of esters is 1. The van der Waals surface area contributed by atoms with Gasteiger partial charge in [-0.2, -0.15) is 0 Å². The molecule has 0 aromatic rings. The molecule has 0 radical (unpaired) electrons. The van der Waals surface area contributed by atoms with E-state index in [1.807, 2.05) is 0 Å². The maximum Gasteiger partial charge on any atom is 0.306 e. The monoisotopic (exact) mass is 764 g/mol. The molecule has 0 aromatic carbocycles. The number of unbranched alkanes of at least 4 members (excludes halogenated alkanes) is 20. The van der Waals surface area contributed by atoms with Crippen LogP contribution in [0.4, 0.5) is 0 Å². The summed E-state index contributed by atoms with van der Waals surface area (Å²) in [6.45, 7) is 16.4. The zero-order valence-corrected chi connectivity index (χ0v) is 38.4. The Morgan fingerprint density at radius 1 is 0.444 bits per heavy atom. The van der Waals surface area contributed by atoms with E-state index in [1.165, 1.54) is 218 Å². The van der Waals surface area contributed by atoms with Crippen molar-refractivity contribution in [3.63, 3.8) is 0 Å². The normalized spacial score (nSPS) is 12.6. The van der Waals surface area contributed by atoms with E-state index in [9.17, 15) is 4.79 Å². The molecule has 0 saturated heterocycles. The Hall–Kier alpha value is -0.610. The first kappa shape index (κ1) is 53.4. The summed E-state index contributed by atoms with van der Waals surface area (Å²) < 4.78 is 12.2. The van der Waals surface area contributed by atoms with Gasteiger partial charge in [-0.3, -0.25) is 4.79 Å². The largest absolute Gasteiger partial charge is 0.466 e. The maximum atomic E-state index is 12.5. The van der Waals surface area contributed by atoms with E-state index in [-0.39, 0.29) is 5.97 Å². The summed E-state index contributed by atoms with van der Waals surface area (Å²) in [5.74, 6) is 1.56. The average molecular weight is 764 g/mol. The fourth-order valence-electron chi connectivity index (χ4n) is 8.15. The summed E-state index contributed by atoms with van der Waals surface area (Å²) in [5.41, 5.74) is 0. The first-order valence-corrected chi connectivity index (χ1v) is 24.8. The molecular formula is C50H101NO3. The molecule has 54 heavy (non-hydrogen) atoms. The van der Waals surface area contributed by atoms with Crippen LogP contribution in [0.2, 0.25) is 0 Å². The Labute approximate surface area is 341 Å². The molecule has 1 atom stereocenters. The number of rotatable bonds is 44. The van der Waals surface area contributed by atoms with Crippen molar-refractivity contribution in [1.82, 2.24) is 4.90 Å². The minimum atomic E-state index is 0.0423. The molecule has 0 aromatic heterocycles. The van der Waals surface area contributed by atoms with E-state index >= 15 is 0 Å². The highest BCUT2D eigenvalue weighted by Crippen LogP contribution is 2.25. The van der Waals surface area contributed by atoms with Crippen molar-refractivity contribution < 1.29 is 14.3 Å². The van der Waals surface area contributed by atoms with Crippen molar-refractivity contribution in [2.75, 3.05) is 26.8 Å². The number of carbonyl (C=O) groups excluding carboxylic acids is 1. The van der Waals surface area contributed by atoms with Crippen molar-refractivity contribution in [1.29, 1.82) is 0 Å². The van der Waals surface area contributed by atoms with E-state index in [0.717, 1.165) is 18.9 Å².